The number of hydrogen-bond acceptors (Lipinski definition) is 3. The Morgan fingerprint density at radius 2 is 1.80 bits per heavy atom. The number of rotatable bonds is 3. The Morgan fingerprint density at radius 3 is 2.45 bits per heavy atom. The predicted octanol–water partition coefficient (Wildman–Crippen LogP) is 3.34. The van der Waals surface area contributed by atoms with Gasteiger partial charge in [0, 0.05) is 16.2 Å². The van der Waals surface area contributed by atoms with Gasteiger partial charge in [0.2, 0.25) is 0 Å². The van der Waals surface area contributed by atoms with Crippen molar-refractivity contribution in [1.29, 1.82) is 0 Å². The summed E-state index contributed by atoms with van der Waals surface area (Å²) in [4.78, 5) is 26.9. The number of pyridine rings is 1. The van der Waals surface area contributed by atoms with Crippen LogP contribution in [-0.2, 0) is 0 Å². The van der Waals surface area contributed by atoms with Crippen LogP contribution in [0.15, 0.2) is 36.5 Å². The van der Waals surface area contributed by atoms with Gasteiger partial charge in [-0.1, -0.05) is 23.2 Å². The third-order valence-corrected chi connectivity index (χ3v) is 2.89. The molecule has 1 amide bonds. The Kier molecular flexibility index (Phi) is 4.22. The number of anilines is 1. The minimum Gasteiger partial charge on any atom is -0.478 e. The Balaban J connectivity index is 2.30. The second-order valence-electron chi connectivity index (χ2n) is 3.81. The highest BCUT2D eigenvalue weighted by atomic mass is 35.5. The summed E-state index contributed by atoms with van der Waals surface area (Å²) in [5, 5.41) is 12.2. The lowest BCUT2D eigenvalue weighted by atomic mass is 10.1. The first kappa shape index (κ1) is 14.3. The molecule has 1 aromatic carbocycles. The fourth-order valence-corrected chi connectivity index (χ4v) is 1.85. The number of aromatic carboxylic acids is 1. The summed E-state index contributed by atoms with van der Waals surface area (Å²) in [7, 11) is 0. The molecule has 2 aromatic rings. The quantitative estimate of drug-likeness (QED) is 0.911. The maximum Gasteiger partial charge on any atom is 0.337 e. The van der Waals surface area contributed by atoms with Crippen molar-refractivity contribution in [3.8, 4) is 0 Å². The first-order valence-corrected chi connectivity index (χ1v) is 6.18. The molecule has 0 aliphatic carbocycles. The molecule has 0 spiro atoms. The molecular formula is C13H8Cl2N2O3. The van der Waals surface area contributed by atoms with Gasteiger partial charge in [0.05, 0.1) is 11.3 Å². The Morgan fingerprint density at radius 1 is 1.10 bits per heavy atom. The van der Waals surface area contributed by atoms with Crippen LogP contribution in [0.5, 0.6) is 0 Å². The molecule has 0 unspecified atom stereocenters. The number of nitrogens with zero attached hydrogens (tertiary/aromatic N) is 1. The van der Waals surface area contributed by atoms with E-state index in [1.54, 1.807) is 0 Å². The third-order valence-electron chi connectivity index (χ3n) is 2.41. The number of nitrogens with one attached hydrogen (secondary N) is 1. The molecule has 0 saturated heterocycles. The number of carbonyl (C=O) groups is 2. The number of halogens is 2. The molecule has 0 aliphatic heterocycles. The van der Waals surface area contributed by atoms with E-state index >= 15 is 0 Å². The Labute approximate surface area is 124 Å². The normalized spacial score (nSPS) is 10.1. The van der Waals surface area contributed by atoms with E-state index in [1.165, 1.54) is 36.5 Å². The van der Waals surface area contributed by atoms with Crippen molar-refractivity contribution in [2.45, 2.75) is 0 Å². The molecule has 0 bridgehead atoms. The summed E-state index contributed by atoms with van der Waals surface area (Å²) in [6.07, 6.45) is 1.39. The van der Waals surface area contributed by atoms with Crippen LogP contribution in [0.4, 0.5) is 5.69 Å². The number of carboxylic acids is 1. The smallest absolute Gasteiger partial charge is 0.337 e. The SMILES string of the molecule is O=C(Nc1ccc(Cl)cc1C(=O)O)c1cc(Cl)ccn1. The summed E-state index contributed by atoms with van der Waals surface area (Å²) >= 11 is 11.5. The van der Waals surface area contributed by atoms with Crippen molar-refractivity contribution < 1.29 is 14.7 Å². The number of aromatic nitrogens is 1. The fraction of sp³-hybridized carbons (Fsp3) is 0. The molecule has 0 fully saturated rings. The summed E-state index contributed by atoms with van der Waals surface area (Å²) in [6, 6.07) is 7.06. The zero-order valence-electron chi connectivity index (χ0n) is 9.93. The molecule has 1 aromatic heterocycles. The molecule has 7 heteroatoms. The number of carboxylic acid groups (broad SMARTS) is 1. The van der Waals surface area contributed by atoms with Crippen molar-refractivity contribution in [2.75, 3.05) is 5.32 Å². The average molecular weight is 311 g/mol. The van der Waals surface area contributed by atoms with Crippen LogP contribution < -0.4 is 5.32 Å². The van der Waals surface area contributed by atoms with Crippen LogP contribution in [0, 0.1) is 0 Å². The Bertz CT molecular complexity index is 689. The highest BCUT2D eigenvalue weighted by Crippen LogP contribution is 2.21. The largest absolute Gasteiger partial charge is 0.478 e. The zero-order valence-corrected chi connectivity index (χ0v) is 11.4. The molecular weight excluding hydrogens is 303 g/mol. The lowest BCUT2D eigenvalue weighted by Crippen LogP contribution is -2.16. The number of benzene rings is 1. The van der Waals surface area contributed by atoms with E-state index in [0.717, 1.165) is 0 Å². The lowest BCUT2D eigenvalue weighted by molar-refractivity contribution is 0.0698. The average Bonchev–Trinajstić information content (AvgIpc) is 2.40. The molecule has 0 aliphatic rings. The van der Waals surface area contributed by atoms with Crippen molar-refractivity contribution in [3.05, 3.63) is 57.8 Å². The maximum atomic E-state index is 12.0. The number of hydrogen-bond donors (Lipinski definition) is 2. The molecule has 5 nitrogen and oxygen atoms in total. The van der Waals surface area contributed by atoms with E-state index in [2.05, 4.69) is 10.3 Å². The second kappa shape index (κ2) is 5.90. The standard InChI is InChI=1S/C13H8Cl2N2O3/c14-7-1-2-10(9(5-7)13(19)20)17-12(18)11-6-8(15)3-4-16-11/h1-6H,(H,17,18)(H,19,20). The highest BCUT2D eigenvalue weighted by molar-refractivity contribution is 6.31. The van der Waals surface area contributed by atoms with Crippen LogP contribution in [0.2, 0.25) is 10.0 Å². The van der Waals surface area contributed by atoms with Gasteiger partial charge in [-0.05, 0) is 30.3 Å². The summed E-state index contributed by atoms with van der Waals surface area (Å²) in [6.45, 7) is 0. The van der Waals surface area contributed by atoms with E-state index in [4.69, 9.17) is 28.3 Å². The van der Waals surface area contributed by atoms with Gasteiger partial charge < -0.3 is 10.4 Å². The highest BCUT2D eigenvalue weighted by Gasteiger charge is 2.15. The molecule has 0 radical (unpaired) electrons. The van der Waals surface area contributed by atoms with Crippen LogP contribution >= 0.6 is 23.2 Å². The van der Waals surface area contributed by atoms with Gasteiger partial charge in [0.25, 0.3) is 5.91 Å². The van der Waals surface area contributed by atoms with Gasteiger partial charge in [-0.2, -0.15) is 0 Å². The number of carbonyl (C=O) groups excluding carboxylic acids is 1. The maximum absolute atomic E-state index is 12.0. The van der Waals surface area contributed by atoms with Crippen molar-refractivity contribution >= 4 is 40.8 Å². The van der Waals surface area contributed by atoms with E-state index in [1.807, 2.05) is 0 Å². The summed E-state index contributed by atoms with van der Waals surface area (Å²) in [5.41, 5.74) is 0.116. The van der Waals surface area contributed by atoms with Gasteiger partial charge in [-0.15, -0.1) is 0 Å². The van der Waals surface area contributed by atoms with Crippen molar-refractivity contribution in [3.63, 3.8) is 0 Å². The molecule has 0 atom stereocenters. The fourth-order valence-electron chi connectivity index (χ4n) is 1.52. The van der Waals surface area contributed by atoms with Gasteiger partial charge in [0.15, 0.2) is 0 Å². The number of amides is 1. The second-order valence-corrected chi connectivity index (χ2v) is 4.68. The molecule has 102 valence electrons. The topological polar surface area (TPSA) is 79.3 Å². The monoisotopic (exact) mass is 310 g/mol. The van der Waals surface area contributed by atoms with Gasteiger partial charge in [0.1, 0.15) is 5.69 Å². The van der Waals surface area contributed by atoms with Gasteiger partial charge in [-0.3, -0.25) is 9.78 Å². The first-order valence-electron chi connectivity index (χ1n) is 5.43. The molecule has 1 heterocycles. The lowest BCUT2D eigenvalue weighted by Gasteiger charge is -2.08. The minimum absolute atomic E-state index is 0.0868. The Hall–Kier alpha value is -2.11. The van der Waals surface area contributed by atoms with Crippen molar-refractivity contribution in [1.82, 2.24) is 4.98 Å². The molecule has 0 saturated carbocycles. The third kappa shape index (κ3) is 3.26. The molecule has 2 rings (SSSR count). The molecule has 20 heavy (non-hydrogen) atoms. The van der Waals surface area contributed by atoms with E-state index < -0.39 is 11.9 Å². The van der Waals surface area contributed by atoms with Crippen LogP contribution in [0.1, 0.15) is 20.8 Å². The predicted molar refractivity (Wildman–Crippen MR) is 75.6 cm³/mol. The first-order chi connectivity index (χ1) is 9.47. The van der Waals surface area contributed by atoms with Crippen LogP contribution in [0.25, 0.3) is 0 Å². The summed E-state index contributed by atoms with van der Waals surface area (Å²) < 4.78 is 0. The summed E-state index contributed by atoms with van der Waals surface area (Å²) in [5.74, 6) is -1.75. The van der Waals surface area contributed by atoms with E-state index in [9.17, 15) is 9.59 Å². The van der Waals surface area contributed by atoms with E-state index in [0.29, 0.717) is 5.02 Å². The van der Waals surface area contributed by atoms with Crippen molar-refractivity contribution in [2.24, 2.45) is 0 Å². The van der Waals surface area contributed by atoms with E-state index in [-0.39, 0.29) is 22.0 Å². The van der Waals surface area contributed by atoms with Crippen LogP contribution in [0.3, 0.4) is 0 Å². The van der Waals surface area contributed by atoms with Crippen LogP contribution in [-0.4, -0.2) is 22.0 Å². The zero-order chi connectivity index (χ0) is 14.7. The van der Waals surface area contributed by atoms with Gasteiger partial charge in [-0.25, -0.2) is 4.79 Å². The van der Waals surface area contributed by atoms with Gasteiger partial charge >= 0.3 is 5.97 Å². The minimum atomic E-state index is -1.19. The molecule has 2 N–H and O–H groups in total.